The quantitative estimate of drug-likeness (QED) is 0.0246. The lowest BCUT2D eigenvalue weighted by atomic mass is 10.1. The average Bonchev–Trinajstić information content (AvgIpc) is 3.23. The van der Waals surface area contributed by atoms with E-state index in [0.29, 0.717) is 85.2 Å². The first kappa shape index (κ1) is 41.8. The van der Waals surface area contributed by atoms with Gasteiger partial charge in [-0.1, -0.05) is 36.4 Å². The van der Waals surface area contributed by atoms with Crippen LogP contribution in [0.4, 0.5) is 11.4 Å². The van der Waals surface area contributed by atoms with Gasteiger partial charge in [-0.3, -0.25) is 9.98 Å². The molecule has 0 fully saturated rings. The molecule has 0 unspecified atom stereocenters. The van der Waals surface area contributed by atoms with Crippen molar-refractivity contribution >= 4 is 68.4 Å². The third-order valence-corrected chi connectivity index (χ3v) is 8.77. The molecular weight excluding hydrogens is 765 g/mol. The van der Waals surface area contributed by atoms with Crippen LogP contribution in [0.5, 0.6) is 11.5 Å². The molecule has 0 spiro atoms. The maximum absolute atomic E-state index is 12.6. The number of guanidine groups is 2. The zero-order valence-electron chi connectivity index (χ0n) is 32.5. The van der Waals surface area contributed by atoms with Crippen LogP contribution < -0.4 is 43.9 Å². The molecule has 306 valence electrons. The second kappa shape index (κ2) is 20.0. The Bertz CT molecular complexity index is 2420. The van der Waals surface area contributed by atoms with E-state index >= 15 is 0 Å². The Hall–Kier alpha value is -7.82. The first-order valence-corrected chi connectivity index (χ1v) is 18.7. The van der Waals surface area contributed by atoms with Crippen LogP contribution >= 0.6 is 0 Å². The lowest BCUT2D eigenvalue weighted by Crippen LogP contribution is -2.21. The molecule has 12 N–H and O–H groups in total. The van der Waals surface area contributed by atoms with Gasteiger partial charge < -0.3 is 53.3 Å². The fraction of sp³-hybridized carbons (Fsp3) is 0.136. The van der Waals surface area contributed by atoms with Crippen molar-refractivity contribution in [1.29, 1.82) is 0 Å². The summed E-state index contributed by atoms with van der Waals surface area (Å²) < 4.78 is 22.4. The highest BCUT2D eigenvalue weighted by Gasteiger charge is 2.12. The molecule has 0 aliphatic heterocycles. The van der Waals surface area contributed by atoms with Crippen LogP contribution in [-0.4, -0.2) is 75.0 Å². The summed E-state index contributed by atoms with van der Waals surface area (Å²) in [5.74, 6) is 0.425. The molecule has 16 nitrogen and oxygen atoms in total. The fourth-order valence-corrected chi connectivity index (χ4v) is 5.83. The molecule has 6 rings (SSSR count). The number of benzene rings is 6. The number of hydrogen-bond donors (Lipinski definition) is 6. The third-order valence-electron chi connectivity index (χ3n) is 8.77. The fourth-order valence-electron chi connectivity index (χ4n) is 5.83. The molecule has 0 radical (unpaired) electrons. The number of carbonyl (C=O) groups is 2. The largest absolute Gasteiger partial charge is 0.423 e. The molecule has 16 heteroatoms. The van der Waals surface area contributed by atoms with Crippen molar-refractivity contribution in [2.24, 2.45) is 54.4 Å². The van der Waals surface area contributed by atoms with Gasteiger partial charge in [0.15, 0.2) is 11.9 Å². The van der Waals surface area contributed by atoms with Crippen LogP contribution in [-0.2, 0) is 9.47 Å². The summed E-state index contributed by atoms with van der Waals surface area (Å²) in [7, 11) is 0. The summed E-state index contributed by atoms with van der Waals surface area (Å²) >= 11 is 0. The molecule has 0 saturated heterocycles. The van der Waals surface area contributed by atoms with Gasteiger partial charge in [0, 0.05) is 11.1 Å². The Morgan fingerprint density at radius 3 is 1.15 bits per heavy atom. The van der Waals surface area contributed by atoms with Crippen molar-refractivity contribution in [3.63, 3.8) is 0 Å². The highest BCUT2D eigenvalue weighted by molar-refractivity contribution is 6.02. The van der Waals surface area contributed by atoms with E-state index in [0.717, 1.165) is 32.7 Å². The minimum absolute atomic E-state index is 0.0684. The second-order valence-corrected chi connectivity index (χ2v) is 13.2. The average molecular weight is 809 g/mol. The molecule has 0 heterocycles. The Labute approximate surface area is 345 Å². The van der Waals surface area contributed by atoms with Gasteiger partial charge >= 0.3 is 11.9 Å². The number of aliphatic imine (C=N–C) groups is 4. The van der Waals surface area contributed by atoms with Crippen molar-refractivity contribution in [2.75, 3.05) is 39.5 Å². The monoisotopic (exact) mass is 808 g/mol. The summed E-state index contributed by atoms with van der Waals surface area (Å²) in [4.78, 5) is 42.0. The number of hydrogen-bond acceptors (Lipinski definition) is 10. The van der Waals surface area contributed by atoms with E-state index < -0.39 is 11.9 Å². The van der Waals surface area contributed by atoms with Gasteiger partial charge in [0.25, 0.3) is 0 Å². The number of nitrogens with zero attached hydrogens (tertiary/aromatic N) is 4. The molecular formula is C44H44N10O6. The van der Waals surface area contributed by atoms with Crippen molar-refractivity contribution in [2.45, 2.75) is 0 Å². The third kappa shape index (κ3) is 11.9. The van der Waals surface area contributed by atoms with Crippen LogP contribution in [0, 0.1) is 0 Å². The van der Waals surface area contributed by atoms with E-state index in [1.165, 1.54) is 0 Å². The van der Waals surface area contributed by atoms with Crippen molar-refractivity contribution in [3.8, 4) is 11.5 Å². The summed E-state index contributed by atoms with van der Waals surface area (Å²) in [6.07, 6.45) is 0. The molecule has 0 aliphatic carbocycles. The normalized spacial score (nSPS) is 11.6. The summed E-state index contributed by atoms with van der Waals surface area (Å²) in [6.45, 7) is 2.26. The van der Waals surface area contributed by atoms with Gasteiger partial charge in [-0.25, -0.2) is 19.6 Å². The maximum atomic E-state index is 12.6. The number of carbonyl (C=O) groups excluding carboxylic acids is 2. The van der Waals surface area contributed by atoms with Crippen molar-refractivity contribution < 1.29 is 28.5 Å². The SMILES string of the molecule is NC(N)=Nc1ccc(C(=O)Oc2ccc3cc(C(N)=NCCOCCOCCN=C(N)c4ccc5cc(OC(=O)c6ccc(N=C(N)N)cc6)ccc5c4)ccc3c2)cc1. The van der Waals surface area contributed by atoms with Gasteiger partial charge in [0.2, 0.25) is 0 Å². The zero-order valence-corrected chi connectivity index (χ0v) is 32.5. The van der Waals surface area contributed by atoms with E-state index in [2.05, 4.69) is 20.0 Å². The van der Waals surface area contributed by atoms with Crippen LogP contribution in [0.3, 0.4) is 0 Å². The molecule has 0 saturated carbocycles. The van der Waals surface area contributed by atoms with Crippen molar-refractivity contribution in [1.82, 2.24) is 0 Å². The number of esters is 2. The maximum Gasteiger partial charge on any atom is 0.343 e. The predicted molar refractivity (Wildman–Crippen MR) is 234 cm³/mol. The molecule has 0 bridgehead atoms. The van der Waals surface area contributed by atoms with Gasteiger partial charge in [-0.05, 0) is 106 Å². The zero-order chi connectivity index (χ0) is 42.4. The number of nitrogens with two attached hydrogens (primary N) is 6. The first-order valence-electron chi connectivity index (χ1n) is 18.7. The Morgan fingerprint density at radius 1 is 0.417 bits per heavy atom. The van der Waals surface area contributed by atoms with Gasteiger partial charge in [0.1, 0.15) is 23.2 Å². The lowest BCUT2D eigenvalue weighted by Gasteiger charge is -2.08. The summed E-state index contributed by atoms with van der Waals surface area (Å²) in [5.41, 5.74) is 37.4. The van der Waals surface area contributed by atoms with Crippen LogP contribution in [0.15, 0.2) is 141 Å². The Morgan fingerprint density at radius 2 is 0.767 bits per heavy atom. The van der Waals surface area contributed by atoms with Gasteiger partial charge in [0.05, 0.1) is 62.0 Å². The van der Waals surface area contributed by atoms with Crippen LogP contribution in [0.1, 0.15) is 31.8 Å². The topological polar surface area (TPSA) is 277 Å². The molecule has 0 atom stereocenters. The van der Waals surface area contributed by atoms with Crippen LogP contribution in [0.25, 0.3) is 21.5 Å². The summed E-state index contributed by atoms with van der Waals surface area (Å²) in [6, 6.07) is 34.9. The number of ether oxygens (including phenoxy) is 4. The van der Waals surface area contributed by atoms with E-state index in [1.54, 1.807) is 72.8 Å². The highest BCUT2D eigenvalue weighted by atomic mass is 16.5. The minimum Gasteiger partial charge on any atom is -0.423 e. The molecule has 6 aromatic rings. The number of fused-ring (bicyclic) bond motifs is 2. The van der Waals surface area contributed by atoms with Crippen LogP contribution in [0.2, 0.25) is 0 Å². The Kier molecular flexibility index (Phi) is 14.0. The van der Waals surface area contributed by atoms with Gasteiger partial charge in [-0.15, -0.1) is 0 Å². The second-order valence-electron chi connectivity index (χ2n) is 13.2. The Balaban J connectivity index is 0.878. The minimum atomic E-state index is -0.506. The van der Waals surface area contributed by atoms with E-state index in [4.69, 9.17) is 53.3 Å². The lowest BCUT2D eigenvalue weighted by molar-refractivity contribution is 0.0541. The predicted octanol–water partition coefficient (Wildman–Crippen LogP) is 4.39. The molecule has 0 aromatic heterocycles. The molecule has 6 aromatic carbocycles. The van der Waals surface area contributed by atoms with Gasteiger partial charge in [-0.2, -0.15) is 0 Å². The standard InChI is InChI=1S/C44H44N10O6/c45-39(33-3-1-31-25-37(15-9-29(31)23-33)59-41(55)27-5-11-35(12-6-27)53-43(47)48)51-17-19-57-21-22-58-20-18-52-40(46)34-4-2-32-26-38(16-10-30(32)24-34)60-42(56)28-7-13-36(14-8-28)54-44(49)50/h1-16,23-26H,17-22H2,(H2,45,51)(H2,46,52)(H4,47,48,53)(H4,49,50,54). The van der Waals surface area contributed by atoms with Crippen molar-refractivity contribution in [3.05, 3.63) is 144 Å². The molecule has 60 heavy (non-hydrogen) atoms. The number of rotatable bonds is 17. The summed E-state index contributed by atoms with van der Waals surface area (Å²) in [5, 5.41) is 3.56. The number of amidine groups is 2. The van der Waals surface area contributed by atoms with E-state index in [9.17, 15) is 9.59 Å². The smallest absolute Gasteiger partial charge is 0.343 e. The highest BCUT2D eigenvalue weighted by Crippen LogP contribution is 2.25. The van der Waals surface area contributed by atoms with E-state index in [1.807, 2.05) is 48.5 Å². The van der Waals surface area contributed by atoms with E-state index in [-0.39, 0.29) is 11.9 Å². The molecule has 0 aliphatic rings. The first-order chi connectivity index (χ1) is 29.0. The molecule has 0 amide bonds.